The van der Waals surface area contributed by atoms with E-state index in [-0.39, 0.29) is 6.10 Å². The van der Waals surface area contributed by atoms with Gasteiger partial charge < -0.3 is 9.84 Å². The number of methoxy groups -OCH3 is 1. The minimum atomic E-state index is -0.846. The first kappa shape index (κ1) is 10.6. The van der Waals surface area contributed by atoms with Gasteiger partial charge in [-0.05, 0) is 18.9 Å². The molecule has 1 N–H and O–H groups in total. The Bertz CT molecular complexity index is 315. The van der Waals surface area contributed by atoms with Crippen molar-refractivity contribution in [2.75, 3.05) is 7.11 Å². The van der Waals surface area contributed by atoms with Gasteiger partial charge in [-0.25, -0.2) is 0 Å². The third-order valence-corrected chi connectivity index (χ3v) is 3.25. The molecule has 82 valence electrons. The minimum Gasteiger partial charge on any atom is -0.382 e. The molecule has 1 fully saturated rings. The Morgan fingerprint density at radius 1 is 1.53 bits per heavy atom. The monoisotopic (exact) mass is 207 g/mol. The lowest BCUT2D eigenvalue weighted by Gasteiger charge is -2.39. The van der Waals surface area contributed by atoms with Crippen LogP contribution in [0.4, 0.5) is 0 Å². The number of nitrogens with zero attached hydrogens (tertiary/aromatic N) is 1. The predicted octanol–water partition coefficient (Wildman–Crippen LogP) is 1.86. The molecular weight excluding hydrogens is 190 g/mol. The highest BCUT2D eigenvalue weighted by Crippen LogP contribution is 2.38. The molecule has 2 unspecified atom stereocenters. The molecule has 0 bridgehead atoms. The molecule has 1 heterocycles. The van der Waals surface area contributed by atoms with Crippen molar-refractivity contribution < 1.29 is 9.84 Å². The van der Waals surface area contributed by atoms with Crippen LogP contribution in [-0.4, -0.2) is 23.3 Å². The number of ether oxygens (including phenoxy) is 1. The van der Waals surface area contributed by atoms with Crippen molar-refractivity contribution in [3.63, 3.8) is 0 Å². The van der Waals surface area contributed by atoms with Crippen LogP contribution in [0.1, 0.15) is 31.2 Å². The Balaban J connectivity index is 2.30. The molecule has 0 amide bonds. The lowest BCUT2D eigenvalue weighted by atomic mass is 9.78. The van der Waals surface area contributed by atoms with E-state index in [9.17, 15) is 5.11 Å². The van der Waals surface area contributed by atoms with Crippen molar-refractivity contribution in [2.24, 2.45) is 0 Å². The van der Waals surface area contributed by atoms with Gasteiger partial charge in [0.1, 0.15) is 5.60 Å². The summed E-state index contributed by atoms with van der Waals surface area (Å²) in [5, 5.41) is 10.6. The van der Waals surface area contributed by atoms with Crippen molar-refractivity contribution in [2.45, 2.75) is 37.4 Å². The van der Waals surface area contributed by atoms with E-state index in [1.54, 1.807) is 19.5 Å². The zero-order chi connectivity index (χ0) is 10.7. The molecule has 2 atom stereocenters. The van der Waals surface area contributed by atoms with Gasteiger partial charge in [-0.3, -0.25) is 4.98 Å². The topological polar surface area (TPSA) is 42.4 Å². The molecule has 1 aliphatic rings. The Kier molecular flexibility index (Phi) is 3.03. The Morgan fingerprint density at radius 3 is 3.07 bits per heavy atom. The zero-order valence-corrected chi connectivity index (χ0v) is 9.02. The van der Waals surface area contributed by atoms with E-state index in [2.05, 4.69) is 4.98 Å². The summed E-state index contributed by atoms with van der Waals surface area (Å²) >= 11 is 0. The second-order valence-corrected chi connectivity index (χ2v) is 4.14. The first-order chi connectivity index (χ1) is 7.27. The van der Waals surface area contributed by atoms with Gasteiger partial charge in [0, 0.05) is 25.1 Å². The number of aliphatic hydroxyl groups is 1. The van der Waals surface area contributed by atoms with Crippen LogP contribution in [0.2, 0.25) is 0 Å². The van der Waals surface area contributed by atoms with Crippen molar-refractivity contribution in [1.82, 2.24) is 4.98 Å². The van der Waals surface area contributed by atoms with Gasteiger partial charge in [0.05, 0.1) is 6.10 Å². The van der Waals surface area contributed by atoms with Crippen LogP contribution < -0.4 is 0 Å². The van der Waals surface area contributed by atoms with Gasteiger partial charge >= 0.3 is 0 Å². The first-order valence-corrected chi connectivity index (χ1v) is 5.43. The van der Waals surface area contributed by atoms with Gasteiger partial charge in [-0.2, -0.15) is 0 Å². The Hall–Kier alpha value is -0.930. The molecule has 0 aliphatic heterocycles. The number of hydrogen-bond acceptors (Lipinski definition) is 3. The van der Waals surface area contributed by atoms with Gasteiger partial charge in [0.15, 0.2) is 0 Å². The Labute approximate surface area is 90.1 Å². The lowest BCUT2D eigenvalue weighted by Crippen LogP contribution is -2.43. The quantitative estimate of drug-likeness (QED) is 0.804. The summed E-state index contributed by atoms with van der Waals surface area (Å²) in [6, 6.07) is 3.78. The maximum Gasteiger partial charge on any atom is 0.117 e. The molecule has 1 aromatic heterocycles. The third kappa shape index (κ3) is 1.90. The fourth-order valence-electron chi connectivity index (χ4n) is 2.39. The maximum absolute atomic E-state index is 10.6. The molecule has 3 nitrogen and oxygen atoms in total. The van der Waals surface area contributed by atoms with Crippen LogP contribution in [0.25, 0.3) is 0 Å². The predicted molar refractivity (Wildman–Crippen MR) is 57.4 cm³/mol. The molecule has 0 saturated heterocycles. The van der Waals surface area contributed by atoms with Crippen LogP contribution in [0, 0.1) is 0 Å². The SMILES string of the molecule is COC1CCCCC1(O)c1cccnc1. The fraction of sp³-hybridized carbons (Fsp3) is 0.583. The van der Waals surface area contributed by atoms with Crippen LogP contribution >= 0.6 is 0 Å². The second kappa shape index (κ2) is 4.29. The molecule has 0 spiro atoms. The van der Waals surface area contributed by atoms with Crippen LogP contribution in [0.15, 0.2) is 24.5 Å². The van der Waals surface area contributed by atoms with E-state index >= 15 is 0 Å². The maximum atomic E-state index is 10.6. The zero-order valence-electron chi connectivity index (χ0n) is 9.02. The molecular formula is C12H17NO2. The van der Waals surface area contributed by atoms with Crippen LogP contribution in [0.5, 0.6) is 0 Å². The van der Waals surface area contributed by atoms with E-state index in [1.165, 1.54) is 0 Å². The molecule has 15 heavy (non-hydrogen) atoms. The molecule has 1 aliphatic carbocycles. The van der Waals surface area contributed by atoms with E-state index in [1.807, 2.05) is 12.1 Å². The normalized spacial score (nSPS) is 31.5. The first-order valence-electron chi connectivity index (χ1n) is 5.43. The van der Waals surface area contributed by atoms with Gasteiger partial charge in [-0.1, -0.05) is 18.9 Å². The summed E-state index contributed by atoms with van der Waals surface area (Å²) < 4.78 is 5.38. The van der Waals surface area contributed by atoms with Crippen molar-refractivity contribution >= 4 is 0 Å². The number of hydrogen-bond donors (Lipinski definition) is 1. The summed E-state index contributed by atoms with van der Waals surface area (Å²) in [6.45, 7) is 0. The largest absolute Gasteiger partial charge is 0.382 e. The minimum absolute atomic E-state index is 0.101. The molecule has 0 radical (unpaired) electrons. The fourth-order valence-corrected chi connectivity index (χ4v) is 2.39. The van der Waals surface area contributed by atoms with Crippen molar-refractivity contribution in [3.8, 4) is 0 Å². The smallest absolute Gasteiger partial charge is 0.117 e. The molecule has 1 saturated carbocycles. The number of rotatable bonds is 2. The average molecular weight is 207 g/mol. The summed E-state index contributed by atoms with van der Waals surface area (Å²) in [5.74, 6) is 0. The van der Waals surface area contributed by atoms with Crippen LogP contribution in [0.3, 0.4) is 0 Å². The van der Waals surface area contributed by atoms with Crippen LogP contribution in [-0.2, 0) is 10.3 Å². The third-order valence-electron chi connectivity index (χ3n) is 3.25. The van der Waals surface area contributed by atoms with E-state index < -0.39 is 5.60 Å². The van der Waals surface area contributed by atoms with Crippen molar-refractivity contribution in [3.05, 3.63) is 30.1 Å². The number of aromatic nitrogens is 1. The summed E-state index contributed by atoms with van der Waals surface area (Å²) in [4.78, 5) is 4.06. The molecule has 2 rings (SSSR count). The molecule has 0 aromatic carbocycles. The second-order valence-electron chi connectivity index (χ2n) is 4.14. The highest BCUT2D eigenvalue weighted by Gasteiger charge is 2.40. The highest BCUT2D eigenvalue weighted by molar-refractivity contribution is 5.20. The average Bonchev–Trinajstić information content (AvgIpc) is 2.31. The highest BCUT2D eigenvalue weighted by atomic mass is 16.5. The van der Waals surface area contributed by atoms with Gasteiger partial charge in [-0.15, -0.1) is 0 Å². The summed E-state index contributed by atoms with van der Waals surface area (Å²) in [7, 11) is 1.66. The van der Waals surface area contributed by atoms with E-state index in [0.29, 0.717) is 0 Å². The summed E-state index contributed by atoms with van der Waals surface area (Å²) in [6.07, 6.45) is 7.20. The number of pyridine rings is 1. The van der Waals surface area contributed by atoms with E-state index in [4.69, 9.17) is 4.74 Å². The Morgan fingerprint density at radius 2 is 2.40 bits per heavy atom. The molecule has 3 heteroatoms. The van der Waals surface area contributed by atoms with Gasteiger partial charge in [0.25, 0.3) is 0 Å². The summed E-state index contributed by atoms with van der Waals surface area (Å²) in [5.41, 5.74) is 0.0258. The molecule has 1 aromatic rings. The van der Waals surface area contributed by atoms with Crippen molar-refractivity contribution in [1.29, 1.82) is 0 Å². The van der Waals surface area contributed by atoms with E-state index in [0.717, 1.165) is 31.2 Å². The lowest BCUT2D eigenvalue weighted by molar-refractivity contribution is -0.122. The van der Waals surface area contributed by atoms with Gasteiger partial charge in [0.2, 0.25) is 0 Å². The standard InChI is InChI=1S/C12H17NO2/c1-15-11-6-2-3-7-12(11,14)10-5-4-8-13-9-10/h4-5,8-9,11,14H,2-3,6-7H2,1H3.